The molecule has 4 heteroatoms. The van der Waals surface area contributed by atoms with Crippen LogP contribution in [-0.2, 0) is 6.42 Å². The molecule has 0 unspecified atom stereocenters. The van der Waals surface area contributed by atoms with Gasteiger partial charge in [0.2, 0.25) is 0 Å². The van der Waals surface area contributed by atoms with Crippen molar-refractivity contribution in [1.29, 1.82) is 0 Å². The van der Waals surface area contributed by atoms with Crippen LogP contribution in [0.5, 0.6) is 0 Å². The van der Waals surface area contributed by atoms with E-state index in [0.717, 1.165) is 19.5 Å². The van der Waals surface area contributed by atoms with E-state index < -0.39 is 0 Å². The van der Waals surface area contributed by atoms with Gasteiger partial charge >= 0.3 is 0 Å². The molecule has 0 atom stereocenters. The Labute approximate surface area is 95.5 Å². The summed E-state index contributed by atoms with van der Waals surface area (Å²) in [6.07, 6.45) is 3.62. The number of rotatable bonds is 3. The van der Waals surface area contributed by atoms with Crippen molar-refractivity contribution in [2.75, 3.05) is 24.5 Å². The van der Waals surface area contributed by atoms with Gasteiger partial charge in [-0.15, -0.1) is 0 Å². The molecule has 1 aromatic rings. The maximum atomic E-state index is 8.29. The number of anilines is 1. The Balaban J connectivity index is 2.15. The SMILES string of the molecule is [N-]=[N+]=NCCN1CCCCc2ccccc21. The fourth-order valence-corrected chi connectivity index (χ4v) is 2.21. The van der Waals surface area contributed by atoms with Crippen molar-refractivity contribution in [1.82, 2.24) is 0 Å². The molecular formula is C12H16N4. The Hall–Kier alpha value is -1.67. The highest BCUT2D eigenvalue weighted by atomic mass is 15.2. The fraction of sp³-hybridized carbons (Fsp3) is 0.500. The first-order chi connectivity index (χ1) is 7.92. The zero-order valence-corrected chi connectivity index (χ0v) is 9.34. The maximum Gasteiger partial charge on any atom is 0.0434 e. The maximum absolute atomic E-state index is 8.29. The highest BCUT2D eigenvalue weighted by molar-refractivity contribution is 5.54. The normalized spacial score (nSPS) is 14.9. The lowest BCUT2D eigenvalue weighted by atomic mass is 10.1. The third kappa shape index (κ3) is 2.47. The van der Waals surface area contributed by atoms with Crippen LogP contribution in [0.2, 0.25) is 0 Å². The summed E-state index contributed by atoms with van der Waals surface area (Å²) in [5.41, 5.74) is 11.0. The summed E-state index contributed by atoms with van der Waals surface area (Å²) < 4.78 is 0. The van der Waals surface area contributed by atoms with E-state index in [1.165, 1.54) is 24.1 Å². The fourth-order valence-electron chi connectivity index (χ4n) is 2.21. The number of aryl methyl sites for hydroxylation is 1. The van der Waals surface area contributed by atoms with Crippen molar-refractivity contribution in [3.8, 4) is 0 Å². The van der Waals surface area contributed by atoms with Crippen molar-refractivity contribution in [3.63, 3.8) is 0 Å². The molecule has 84 valence electrons. The molecule has 4 nitrogen and oxygen atoms in total. The third-order valence-corrected chi connectivity index (χ3v) is 2.99. The predicted octanol–water partition coefficient (Wildman–Crippen LogP) is 3.14. The third-order valence-electron chi connectivity index (χ3n) is 2.99. The summed E-state index contributed by atoms with van der Waals surface area (Å²) in [7, 11) is 0. The minimum absolute atomic E-state index is 0.546. The highest BCUT2D eigenvalue weighted by Crippen LogP contribution is 2.25. The molecule has 0 bridgehead atoms. The Kier molecular flexibility index (Phi) is 3.67. The molecule has 1 aliphatic rings. The van der Waals surface area contributed by atoms with Gasteiger partial charge in [-0.1, -0.05) is 23.3 Å². The van der Waals surface area contributed by atoms with Gasteiger partial charge in [-0.3, -0.25) is 0 Å². The van der Waals surface area contributed by atoms with Crippen molar-refractivity contribution >= 4 is 5.69 Å². The van der Waals surface area contributed by atoms with Crippen LogP contribution in [0, 0.1) is 0 Å². The Morgan fingerprint density at radius 1 is 1.31 bits per heavy atom. The van der Waals surface area contributed by atoms with Crippen molar-refractivity contribution in [2.45, 2.75) is 19.3 Å². The molecule has 1 heterocycles. The lowest BCUT2D eigenvalue weighted by Crippen LogP contribution is -2.26. The van der Waals surface area contributed by atoms with E-state index >= 15 is 0 Å². The molecule has 0 saturated carbocycles. The van der Waals surface area contributed by atoms with Gasteiger partial charge in [0.25, 0.3) is 0 Å². The van der Waals surface area contributed by atoms with E-state index in [9.17, 15) is 0 Å². The summed E-state index contributed by atoms with van der Waals surface area (Å²) in [4.78, 5) is 5.13. The molecule has 0 N–H and O–H groups in total. The largest absolute Gasteiger partial charge is 0.371 e. The molecule has 0 spiro atoms. The Bertz CT molecular complexity index is 396. The van der Waals surface area contributed by atoms with E-state index in [1.807, 2.05) is 0 Å². The van der Waals surface area contributed by atoms with Gasteiger partial charge in [0.1, 0.15) is 0 Å². The second-order valence-electron chi connectivity index (χ2n) is 4.03. The number of azide groups is 1. The topological polar surface area (TPSA) is 52.0 Å². The van der Waals surface area contributed by atoms with Crippen LogP contribution in [0.15, 0.2) is 29.4 Å². The van der Waals surface area contributed by atoms with Crippen LogP contribution < -0.4 is 4.90 Å². The van der Waals surface area contributed by atoms with Crippen molar-refractivity contribution in [3.05, 3.63) is 40.3 Å². The van der Waals surface area contributed by atoms with Crippen LogP contribution in [-0.4, -0.2) is 19.6 Å². The molecule has 16 heavy (non-hydrogen) atoms. The Morgan fingerprint density at radius 3 is 3.06 bits per heavy atom. The van der Waals surface area contributed by atoms with Gasteiger partial charge in [-0.05, 0) is 36.4 Å². The molecule has 0 aliphatic carbocycles. The quantitative estimate of drug-likeness (QED) is 0.435. The smallest absolute Gasteiger partial charge is 0.0434 e. The van der Waals surface area contributed by atoms with Crippen LogP contribution in [0.25, 0.3) is 10.4 Å². The van der Waals surface area contributed by atoms with Crippen molar-refractivity contribution < 1.29 is 0 Å². The second kappa shape index (κ2) is 5.42. The number of hydrogen-bond acceptors (Lipinski definition) is 2. The summed E-state index contributed by atoms with van der Waals surface area (Å²) in [5, 5.41) is 3.61. The first-order valence-corrected chi connectivity index (χ1v) is 5.75. The zero-order chi connectivity index (χ0) is 11.2. The van der Waals surface area contributed by atoms with Gasteiger partial charge in [-0.25, -0.2) is 0 Å². The first kappa shape index (κ1) is 10.8. The molecule has 0 aromatic heterocycles. The minimum Gasteiger partial charge on any atom is -0.371 e. The second-order valence-corrected chi connectivity index (χ2v) is 4.03. The van der Waals surface area contributed by atoms with Gasteiger partial charge in [-0.2, -0.15) is 0 Å². The molecule has 0 saturated heterocycles. The molecule has 1 aliphatic heterocycles. The number of fused-ring (bicyclic) bond motifs is 1. The van der Waals surface area contributed by atoms with Crippen LogP contribution in [0.1, 0.15) is 18.4 Å². The van der Waals surface area contributed by atoms with E-state index in [-0.39, 0.29) is 0 Å². The molecule has 2 rings (SSSR count). The van der Waals surface area contributed by atoms with E-state index in [4.69, 9.17) is 5.53 Å². The highest BCUT2D eigenvalue weighted by Gasteiger charge is 2.13. The summed E-state index contributed by atoms with van der Waals surface area (Å²) >= 11 is 0. The lowest BCUT2D eigenvalue weighted by Gasteiger charge is -2.23. The number of nitrogens with zero attached hydrogens (tertiary/aromatic N) is 4. The lowest BCUT2D eigenvalue weighted by molar-refractivity contribution is 0.713. The van der Waals surface area contributed by atoms with Gasteiger partial charge in [0.15, 0.2) is 0 Å². The number of hydrogen-bond donors (Lipinski definition) is 0. The number of benzene rings is 1. The van der Waals surface area contributed by atoms with Gasteiger partial charge in [0, 0.05) is 30.2 Å². The average Bonchev–Trinajstić information content (AvgIpc) is 2.52. The molecular weight excluding hydrogens is 200 g/mol. The minimum atomic E-state index is 0.546. The van der Waals surface area contributed by atoms with Crippen LogP contribution >= 0.6 is 0 Å². The van der Waals surface area contributed by atoms with Gasteiger partial charge < -0.3 is 4.90 Å². The Morgan fingerprint density at radius 2 is 2.19 bits per heavy atom. The molecule has 0 fully saturated rings. The van der Waals surface area contributed by atoms with Gasteiger partial charge in [0.05, 0.1) is 0 Å². The molecule has 1 aromatic carbocycles. The molecule has 0 amide bonds. The van der Waals surface area contributed by atoms with Crippen LogP contribution in [0.3, 0.4) is 0 Å². The standard InChI is InChI=1S/C12H16N4/c13-15-14-8-10-16-9-4-3-6-11-5-1-2-7-12(11)16/h1-2,5,7H,3-4,6,8-10H2. The summed E-state index contributed by atoms with van der Waals surface area (Å²) in [6.45, 7) is 2.43. The van der Waals surface area contributed by atoms with E-state index in [1.54, 1.807) is 0 Å². The van der Waals surface area contributed by atoms with E-state index in [0.29, 0.717) is 6.54 Å². The summed E-state index contributed by atoms with van der Waals surface area (Å²) in [5.74, 6) is 0. The average molecular weight is 216 g/mol. The molecule has 0 radical (unpaired) electrons. The van der Waals surface area contributed by atoms with Crippen LogP contribution in [0.4, 0.5) is 5.69 Å². The predicted molar refractivity (Wildman–Crippen MR) is 65.6 cm³/mol. The monoisotopic (exact) mass is 216 g/mol. The summed E-state index contributed by atoms with van der Waals surface area (Å²) in [6, 6.07) is 8.53. The number of para-hydroxylation sites is 1. The zero-order valence-electron chi connectivity index (χ0n) is 9.34. The first-order valence-electron chi connectivity index (χ1n) is 5.75. The van der Waals surface area contributed by atoms with Crippen molar-refractivity contribution in [2.24, 2.45) is 5.11 Å². The van der Waals surface area contributed by atoms with E-state index in [2.05, 4.69) is 39.2 Å².